The van der Waals surface area contributed by atoms with E-state index in [0.717, 1.165) is 0 Å². The van der Waals surface area contributed by atoms with Gasteiger partial charge in [0.25, 0.3) is 0 Å². The van der Waals surface area contributed by atoms with Crippen molar-refractivity contribution in [1.29, 1.82) is 0 Å². The van der Waals surface area contributed by atoms with E-state index in [1.165, 1.54) is 0 Å². The standard InChI is InChI=1S/C6H12NO2.3C3H9P.ClH.Ir/c1-3-4(2)5(7)6(8)9;3*1-4(2)3;;/h4-5,7H,3H2,1-2H3,(H,8,9);3*1-3H3;1H;/q-1;;;;;+3/p+1. The van der Waals surface area contributed by atoms with Gasteiger partial charge < -0.3 is 28.0 Å². The average Bonchev–Trinajstić information content (AvgIpc) is 2.24. The minimum atomic E-state index is -1.27. The Morgan fingerprint density at radius 2 is 1.09 bits per heavy atom. The first-order valence-corrected chi connectivity index (χ1v) is 16.5. The summed E-state index contributed by atoms with van der Waals surface area (Å²) in [6.07, 6.45) is 0.710. The molecule has 0 radical (unpaired) electrons. The second-order valence-corrected chi connectivity index (χ2v) is 15.7. The van der Waals surface area contributed by atoms with Crippen molar-refractivity contribution in [2.24, 2.45) is 5.92 Å². The third-order valence-electron chi connectivity index (χ3n) is 1.47. The number of aliphatic carboxylic acids is 1. The van der Waals surface area contributed by atoms with Gasteiger partial charge in [0.1, 0.15) is 0 Å². The summed E-state index contributed by atoms with van der Waals surface area (Å²) in [6, 6.07) is -1.06. The van der Waals surface area contributed by atoms with Gasteiger partial charge in [-0.05, 0) is 23.8 Å². The molecule has 0 aromatic carbocycles. The first-order valence-electron chi connectivity index (χ1n) is 7.51. The maximum absolute atomic E-state index is 10.0. The summed E-state index contributed by atoms with van der Waals surface area (Å²) in [6.45, 7) is 24.0. The minimum absolute atomic E-state index is 0. The number of carboxylic acid groups (broad SMARTS) is 1. The first-order chi connectivity index (χ1) is 9.29. The third-order valence-corrected chi connectivity index (χ3v) is 1.47. The van der Waals surface area contributed by atoms with Gasteiger partial charge in [-0.2, -0.15) is 0 Å². The van der Waals surface area contributed by atoms with Crippen LogP contribution in [0, 0.1) is 5.92 Å². The fourth-order valence-corrected chi connectivity index (χ4v) is 0.468. The molecule has 0 aromatic heterocycles. The smallest absolute Gasteiger partial charge is 1.00 e. The van der Waals surface area contributed by atoms with Crippen molar-refractivity contribution in [3.05, 3.63) is 5.73 Å². The molecule has 3 nitrogen and oxygen atoms in total. The Kier molecular flexibility index (Phi) is 49.1. The van der Waals surface area contributed by atoms with Crippen LogP contribution in [-0.4, -0.2) is 72.0 Å². The second kappa shape index (κ2) is 28.5. The molecule has 0 heterocycles. The normalized spacial score (nSPS) is 11.3. The van der Waals surface area contributed by atoms with E-state index in [9.17, 15) is 9.90 Å². The molecular weight excluding hydrogens is 547 g/mol. The number of hydrogen-bond acceptors (Lipinski definition) is 2. The molecule has 0 rings (SSSR count). The predicted molar refractivity (Wildman–Crippen MR) is 111 cm³/mol. The van der Waals surface area contributed by atoms with Crippen molar-refractivity contribution < 1.29 is 42.4 Å². The van der Waals surface area contributed by atoms with Crippen LogP contribution in [0.15, 0.2) is 0 Å². The Labute approximate surface area is 169 Å². The molecule has 0 fully saturated rings. The summed E-state index contributed by atoms with van der Waals surface area (Å²) in [5.74, 6) is -1.38. The molecule has 0 amide bonds. The number of carbonyl (C=O) groups is 1. The number of hydrogen-bond donors (Lipinski definition) is 0. The molecule has 0 aromatic rings. The number of halogens is 1. The van der Waals surface area contributed by atoms with E-state index in [0.29, 0.717) is 6.42 Å². The number of carboxylic acids is 1. The van der Waals surface area contributed by atoms with E-state index < -0.39 is 12.0 Å². The monoisotopic (exact) mass is 588 g/mol. The van der Waals surface area contributed by atoms with E-state index >= 15 is 0 Å². The third kappa shape index (κ3) is 81.6. The zero-order valence-corrected chi connectivity index (χ0v) is 23.0. The van der Waals surface area contributed by atoms with Crippen molar-refractivity contribution in [3.63, 3.8) is 0 Å². The summed E-state index contributed by atoms with van der Waals surface area (Å²) in [5, 5.41) is 10.0. The second-order valence-electron chi connectivity index (χ2n) is 6.68. The van der Waals surface area contributed by atoms with Gasteiger partial charge in [0.2, 0.25) is 0 Å². The Balaban J connectivity index is -0.0000000444. The largest absolute Gasteiger partial charge is 3.00 e. The number of rotatable bonds is 3. The molecule has 0 bridgehead atoms. The Morgan fingerprint density at radius 1 is 0.913 bits per heavy atom. The van der Waals surface area contributed by atoms with Crippen LogP contribution in [0.1, 0.15) is 20.3 Å². The molecule has 0 aliphatic heterocycles. The van der Waals surface area contributed by atoms with Crippen LogP contribution in [-0.2, 0) is 24.9 Å². The zero-order chi connectivity index (χ0) is 18.2. The van der Waals surface area contributed by atoms with Gasteiger partial charge in [-0.15, -0.1) is 0 Å². The first kappa shape index (κ1) is 39.6. The summed E-state index contributed by atoms with van der Waals surface area (Å²) in [7, 11) is 0.361. The summed E-state index contributed by atoms with van der Waals surface area (Å²) < 4.78 is 0. The molecule has 0 saturated heterocycles. The Hall–Kier alpha value is 1.66. The zero-order valence-electron chi connectivity index (χ0n) is 16.9. The van der Waals surface area contributed by atoms with Crippen LogP contribution in [0.4, 0.5) is 0 Å². The van der Waals surface area contributed by atoms with E-state index in [1.807, 2.05) is 6.92 Å². The molecule has 0 spiro atoms. The molecule has 2 atom stereocenters. The van der Waals surface area contributed by atoms with Crippen LogP contribution in [0.25, 0.3) is 5.73 Å². The van der Waals surface area contributed by atoms with Gasteiger partial charge in [-0.1, -0.05) is 32.2 Å². The van der Waals surface area contributed by atoms with E-state index in [-0.39, 0.29) is 62.2 Å². The maximum Gasteiger partial charge on any atom is 3.00 e. The Morgan fingerprint density at radius 3 is 1.13 bits per heavy atom. The topological polar surface area (TPSA) is 63.9 Å². The van der Waals surface area contributed by atoms with Gasteiger partial charge in [0.05, 0.1) is 0 Å². The van der Waals surface area contributed by atoms with E-state index in [4.69, 9.17) is 5.73 Å². The van der Waals surface area contributed by atoms with Crippen LogP contribution in [0.5, 0.6) is 0 Å². The van der Waals surface area contributed by atoms with Crippen LogP contribution in [0.3, 0.4) is 0 Å². The molecular formula is C15H41ClIrNO2P3+3. The fourth-order valence-electron chi connectivity index (χ4n) is 0.468. The summed E-state index contributed by atoms with van der Waals surface area (Å²) in [5.41, 5.74) is 6.97. The molecule has 23 heavy (non-hydrogen) atoms. The predicted octanol–water partition coefficient (Wildman–Crippen LogP) is 0.475. The van der Waals surface area contributed by atoms with Gasteiger partial charge >= 0.3 is 20.1 Å². The molecule has 0 saturated carbocycles. The van der Waals surface area contributed by atoms with Gasteiger partial charge in [0.15, 0.2) is 0 Å². The number of carbonyl (C=O) groups excluding carboxylic acids is 1. The molecule has 8 heteroatoms. The van der Waals surface area contributed by atoms with Gasteiger partial charge in [-0.3, -0.25) is 0 Å². The van der Waals surface area contributed by atoms with Crippen molar-refractivity contribution in [2.75, 3.05) is 60.0 Å². The van der Waals surface area contributed by atoms with Crippen LogP contribution < -0.4 is 17.5 Å². The minimum Gasteiger partial charge on any atom is -1.00 e. The van der Waals surface area contributed by atoms with Crippen molar-refractivity contribution >= 4 is 29.7 Å². The van der Waals surface area contributed by atoms with Gasteiger partial charge in [-0.25, -0.2) is 0 Å². The summed E-state index contributed by atoms with van der Waals surface area (Å²) >= 11 is 0. The molecule has 146 valence electrons. The average molecular weight is 588 g/mol. The Bertz CT molecular complexity index is 202. The molecule has 2 unspecified atom stereocenters. The van der Waals surface area contributed by atoms with Crippen LogP contribution >= 0.6 is 23.8 Å². The SMILES string of the molecule is CCC(C)C([NH-])C(=O)[O-].C[PH+](C)C.C[PH+](C)C.C[PH+](C)C.[Cl-].[Ir+3]. The van der Waals surface area contributed by atoms with Gasteiger partial charge in [0, 0.05) is 66.0 Å². The molecule has 0 aliphatic carbocycles. The van der Waals surface area contributed by atoms with Crippen molar-refractivity contribution in [3.8, 4) is 0 Å². The molecule has 0 aliphatic rings. The molecule has 1 N–H and O–H groups in total. The van der Waals surface area contributed by atoms with Crippen molar-refractivity contribution in [1.82, 2.24) is 0 Å². The quantitative estimate of drug-likeness (QED) is 0.451. The summed E-state index contributed by atoms with van der Waals surface area (Å²) in [4.78, 5) is 10.0. The fraction of sp³-hybridized carbons (Fsp3) is 0.933. The van der Waals surface area contributed by atoms with Crippen LogP contribution in [0.2, 0.25) is 0 Å². The van der Waals surface area contributed by atoms with Crippen molar-refractivity contribution in [2.45, 2.75) is 26.3 Å². The number of nitrogens with one attached hydrogen (secondary N) is 1. The van der Waals surface area contributed by atoms with E-state index in [2.05, 4.69) is 60.0 Å². The maximum atomic E-state index is 10.0. The van der Waals surface area contributed by atoms with E-state index in [1.54, 1.807) is 6.92 Å².